The van der Waals surface area contributed by atoms with E-state index in [0.717, 1.165) is 52.4 Å². The van der Waals surface area contributed by atoms with Gasteiger partial charge in [0.2, 0.25) is 0 Å². The summed E-state index contributed by atoms with van der Waals surface area (Å²) in [4.78, 5) is 8.70. The summed E-state index contributed by atoms with van der Waals surface area (Å²) in [5.74, 6) is 2.48. The van der Waals surface area contributed by atoms with Gasteiger partial charge in [-0.25, -0.2) is 31.7 Å². The first-order valence-corrected chi connectivity index (χ1v) is 11.5. The molecular weight excluding hydrogens is 489 g/mol. The maximum absolute atomic E-state index is 6.08. The fourth-order valence-electron chi connectivity index (χ4n) is 3.82. The largest absolute Gasteiger partial charge is 1.00 e. The van der Waals surface area contributed by atoms with Crippen molar-refractivity contribution in [3.8, 4) is 11.5 Å². The number of hydrogen-bond acceptors (Lipinski definition) is 6. The molecule has 0 spiro atoms. The number of aromatic nitrogens is 6. The predicted octanol–water partition coefficient (Wildman–Crippen LogP) is 3.31. The van der Waals surface area contributed by atoms with Crippen molar-refractivity contribution < 1.29 is 56.1 Å². The van der Waals surface area contributed by atoms with Crippen LogP contribution in [0.25, 0.3) is 11.2 Å². The van der Waals surface area contributed by atoms with E-state index < -0.39 is 0 Å². The fraction of sp³-hybridized carbons (Fsp3) is 0.143. The molecular formula is C28H28KN7O-2. The normalized spacial score (nSPS) is 10.5. The van der Waals surface area contributed by atoms with Gasteiger partial charge < -0.3 is 23.9 Å². The van der Waals surface area contributed by atoms with Crippen LogP contribution in [0.1, 0.15) is 29.9 Å². The van der Waals surface area contributed by atoms with Crippen molar-refractivity contribution in [2.45, 2.75) is 25.7 Å². The van der Waals surface area contributed by atoms with Crippen molar-refractivity contribution >= 4 is 22.7 Å². The fourth-order valence-corrected chi connectivity index (χ4v) is 3.82. The number of allylic oxidation sites excluding steroid dienone is 2. The van der Waals surface area contributed by atoms with Crippen molar-refractivity contribution in [1.29, 1.82) is 0 Å². The topological polar surface area (TPSA) is 81.6 Å². The molecule has 0 fully saturated rings. The Morgan fingerprint density at radius 3 is 2.46 bits per heavy atom. The number of aryl methyl sites for hydroxylation is 1. The van der Waals surface area contributed by atoms with E-state index >= 15 is 0 Å². The SMILES string of the molecule is C=[C-]C=C.[CH2-]CC(C[CH2-])c1ccn2ncnc(Nc3ccc(Oc4ccn5ncnc5c4)c(C)c3)c12.[K+]. The van der Waals surface area contributed by atoms with Crippen LogP contribution in [0.3, 0.4) is 0 Å². The molecule has 0 atom stereocenters. The first-order chi connectivity index (χ1) is 17.6. The molecule has 0 saturated heterocycles. The molecule has 0 aliphatic carbocycles. The van der Waals surface area contributed by atoms with E-state index in [9.17, 15) is 0 Å². The number of pyridine rings is 1. The Labute approximate surface area is 259 Å². The van der Waals surface area contributed by atoms with Gasteiger partial charge in [-0.3, -0.25) is 6.08 Å². The third-order valence-electron chi connectivity index (χ3n) is 5.68. The molecule has 0 aliphatic heterocycles. The van der Waals surface area contributed by atoms with Crippen LogP contribution in [0.2, 0.25) is 0 Å². The van der Waals surface area contributed by atoms with Gasteiger partial charge in [-0.2, -0.15) is 29.6 Å². The molecule has 0 bridgehead atoms. The first-order valence-electron chi connectivity index (χ1n) is 11.5. The monoisotopic (exact) mass is 517 g/mol. The van der Waals surface area contributed by atoms with Crippen molar-refractivity contribution in [3.05, 3.63) is 112 Å². The van der Waals surface area contributed by atoms with Crippen molar-refractivity contribution in [1.82, 2.24) is 29.2 Å². The Balaban J connectivity index is 0.000000711. The van der Waals surface area contributed by atoms with E-state index in [-0.39, 0.29) is 57.3 Å². The van der Waals surface area contributed by atoms with Crippen molar-refractivity contribution in [2.75, 3.05) is 5.32 Å². The number of hydrogen-bond donors (Lipinski definition) is 1. The van der Waals surface area contributed by atoms with Crippen LogP contribution >= 0.6 is 0 Å². The van der Waals surface area contributed by atoms with E-state index in [2.05, 4.69) is 64.6 Å². The molecule has 0 aliphatic rings. The first kappa shape index (κ1) is 28.7. The van der Waals surface area contributed by atoms with Gasteiger partial charge >= 0.3 is 51.4 Å². The number of fused-ring (bicyclic) bond motifs is 2. The molecule has 184 valence electrons. The van der Waals surface area contributed by atoms with Gasteiger partial charge in [0.15, 0.2) is 11.5 Å². The smallest absolute Gasteiger partial charge is 0.457 e. The Kier molecular flexibility index (Phi) is 10.6. The standard InChI is InChI=1S/C24H23N7O.C4H5.K/c1-4-17(5-2)20-9-11-31-23(20)24(26-15-28-31)29-18-6-7-21(16(3)12-18)32-19-8-10-30-22(13-19)25-14-27-30;1-3-4-2;/h6-15,17H,1-2,4-5H2,3H3,(H,26,28,29);3H,1-2H2;/q-2;-1;+1. The minimum Gasteiger partial charge on any atom is -0.457 e. The Hall–Kier alpha value is -2.82. The van der Waals surface area contributed by atoms with Gasteiger partial charge in [-0.1, -0.05) is 5.92 Å². The molecule has 5 aromatic rings. The van der Waals surface area contributed by atoms with Crippen LogP contribution in [-0.2, 0) is 0 Å². The van der Waals surface area contributed by atoms with Crippen LogP contribution in [-0.4, -0.2) is 29.2 Å². The van der Waals surface area contributed by atoms with Crippen LogP contribution < -0.4 is 61.4 Å². The molecule has 1 aromatic carbocycles. The van der Waals surface area contributed by atoms with Crippen LogP contribution in [0.4, 0.5) is 11.5 Å². The van der Waals surface area contributed by atoms with Crippen molar-refractivity contribution in [2.24, 2.45) is 0 Å². The third kappa shape index (κ3) is 6.74. The van der Waals surface area contributed by atoms with Crippen LogP contribution in [0, 0.1) is 26.8 Å². The number of nitrogens with one attached hydrogen (secondary N) is 1. The number of ether oxygens (including phenoxy) is 1. The number of anilines is 2. The average Bonchev–Trinajstić information content (AvgIpc) is 3.54. The zero-order valence-corrected chi connectivity index (χ0v) is 24.4. The van der Waals surface area contributed by atoms with Gasteiger partial charge in [0.05, 0.1) is 0 Å². The quantitative estimate of drug-likeness (QED) is 0.193. The van der Waals surface area contributed by atoms with E-state index in [1.165, 1.54) is 12.4 Å². The zero-order valence-electron chi connectivity index (χ0n) is 21.3. The molecule has 8 nitrogen and oxygen atoms in total. The summed E-state index contributed by atoms with van der Waals surface area (Å²) >= 11 is 0. The predicted molar refractivity (Wildman–Crippen MR) is 142 cm³/mol. The van der Waals surface area contributed by atoms with Gasteiger partial charge in [0, 0.05) is 24.1 Å². The molecule has 0 radical (unpaired) electrons. The summed E-state index contributed by atoms with van der Waals surface area (Å²) in [5.41, 5.74) is 4.74. The van der Waals surface area contributed by atoms with E-state index in [4.69, 9.17) is 4.74 Å². The van der Waals surface area contributed by atoms with E-state index in [1.807, 2.05) is 54.2 Å². The summed E-state index contributed by atoms with van der Waals surface area (Å²) in [6.07, 6.45) is 12.3. The second kappa shape index (κ2) is 13.6. The van der Waals surface area contributed by atoms with Gasteiger partial charge in [-0.15, -0.1) is 0 Å². The molecule has 0 saturated carbocycles. The summed E-state index contributed by atoms with van der Waals surface area (Å²) < 4.78 is 9.61. The summed E-state index contributed by atoms with van der Waals surface area (Å²) in [5, 5.41) is 11.9. The molecule has 5 rings (SSSR count). The Morgan fingerprint density at radius 1 is 1.05 bits per heavy atom. The maximum atomic E-state index is 6.08. The molecule has 0 amide bonds. The summed E-state index contributed by atoms with van der Waals surface area (Å²) in [7, 11) is 0. The molecule has 9 heteroatoms. The molecule has 4 heterocycles. The molecule has 0 unspecified atom stereocenters. The van der Waals surface area contributed by atoms with E-state index in [0.29, 0.717) is 5.75 Å². The zero-order chi connectivity index (χ0) is 25.5. The average molecular weight is 518 g/mol. The molecule has 37 heavy (non-hydrogen) atoms. The minimum absolute atomic E-state index is 0. The number of rotatable bonds is 8. The van der Waals surface area contributed by atoms with Gasteiger partial charge in [-0.05, 0) is 48.4 Å². The summed E-state index contributed by atoms with van der Waals surface area (Å²) in [6, 6.07) is 11.7. The number of nitrogens with zero attached hydrogens (tertiary/aromatic N) is 6. The minimum atomic E-state index is 0. The van der Waals surface area contributed by atoms with Crippen LogP contribution in [0.15, 0.2) is 80.7 Å². The second-order valence-electron chi connectivity index (χ2n) is 7.99. The molecule has 4 aromatic heterocycles. The van der Waals surface area contributed by atoms with Crippen molar-refractivity contribution in [3.63, 3.8) is 0 Å². The third-order valence-corrected chi connectivity index (χ3v) is 5.68. The van der Waals surface area contributed by atoms with Gasteiger partial charge in [0.1, 0.15) is 29.7 Å². The van der Waals surface area contributed by atoms with E-state index in [1.54, 1.807) is 10.8 Å². The maximum Gasteiger partial charge on any atom is 1.00 e. The van der Waals surface area contributed by atoms with Gasteiger partial charge in [0.25, 0.3) is 0 Å². The Bertz CT molecular complexity index is 1480. The number of benzene rings is 1. The second-order valence-corrected chi connectivity index (χ2v) is 7.99. The molecule has 1 N–H and O–H groups in total. The Morgan fingerprint density at radius 2 is 1.76 bits per heavy atom. The summed E-state index contributed by atoms with van der Waals surface area (Å²) in [6.45, 7) is 16.7. The van der Waals surface area contributed by atoms with Crippen LogP contribution in [0.5, 0.6) is 11.5 Å².